The molecule has 0 amide bonds. The van der Waals surface area contributed by atoms with E-state index < -0.39 is 17.4 Å². The van der Waals surface area contributed by atoms with Gasteiger partial charge in [-0.05, 0) is 0 Å². The second-order valence-electron chi connectivity index (χ2n) is 9.24. The summed E-state index contributed by atoms with van der Waals surface area (Å²) in [5, 5.41) is 0. The molecule has 0 aromatic carbocycles. The minimum absolute atomic E-state index is 0. The van der Waals surface area contributed by atoms with Crippen LogP contribution in [0.1, 0.15) is 79.1 Å². The van der Waals surface area contributed by atoms with Crippen LogP contribution in [-0.4, -0.2) is 6.88 Å². The first-order valence-corrected chi connectivity index (χ1v) is 23.3. The maximum absolute atomic E-state index is 3.01. The van der Waals surface area contributed by atoms with Gasteiger partial charge in [-0.25, -0.2) is 0 Å². The Morgan fingerprint density at radius 2 is 1.15 bits per heavy atom. The predicted octanol–water partition coefficient (Wildman–Crippen LogP) is 7.75. The van der Waals surface area contributed by atoms with Gasteiger partial charge < -0.3 is 0 Å². The van der Waals surface area contributed by atoms with E-state index >= 15 is 0 Å². The summed E-state index contributed by atoms with van der Waals surface area (Å²) in [7, 11) is 0. The molecule has 150 valence electrons. The molecule has 26 heavy (non-hydrogen) atoms. The van der Waals surface area contributed by atoms with Gasteiger partial charge in [-0.2, -0.15) is 0 Å². The smallest absolute Gasteiger partial charge is 0.147 e. The second-order valence-corrected chi connectivity index (χ2v) is 38.0. The third-order valence-electron chi connectivity index (χ3n) is 6.06. The van der Waals surface area contributed by atoms with Crippen molar-refractivity contribution in [2.75, 3.05) is 0 Å². The van der Waals surface area contributed by atoms with Crippen molar-refractivity contribution in [3.63, 3.8) is 0 Å². The van der Waals surface area contributed by atoms with Crippen LogP contribution in [0.25, 0.3) is 0 Å². The van der Waals surface area contributed by atoms with Crippen LogP contribution in [0, 0.1) is 0 Å². The molecule has 2 rings (SSSR count). The summed E-state index contributed by atoms with van der Waals surface area (Å²) < 4.78 is 9.27. The number of hydrogen-bond acceptors (Lipinski definition) is 0. The van der Waals surface area contributed by atoms with Gasteiger partial charge in [0.2, 0.25) is 0 Å². The van der Waals surface area contributed by atoms with Crippen molar-refractivity contribution in [3.8, 4) is 0 Å². The first kappa shape index (κ1) is 26.6. The minimum Gasteiger partial charge on any atom is -0.147 e. The maximum Gasteiger partial charge on any atom is -0.147 e. The normalized spacial score (nSPS) is 17.8. The zero-order valence-corrected chi connectivity index (χ0v) is 23.3. The standard InChI is InChI=1S/2C10H15.2CH3.2ClH.H2Si.Zr/c2*1-3-4-5-10-7-6-9(2)8-10;;;;;;/h2*8H,3-6H2,1-2H3;2*1H3;2*1H;1H2;. The summed E-state index contributed by atoms with van der Waals surface area (Å²) in [6.45, 7) is 11.8. The van der Waals surface area contributed by atoms with Gasteiger partial charge in [0.05, 0.1) is 0 Å². The second kappa shape index (κ2) is 10.4. The third-order valence-corrected chi connectivity index (χ3v) is 23.1. The van der Waals surface area contributed by atoms with E-state index in [1.807, 2.05) is 6.56 Å². The number of halogens is 2. The monoisotopic (exact) mass is 492 g/mol. The molecule has 0 aromatic rings. The molecule has 0 saturated heterocycles. The number of rotatable bonds is 8. The third kappa shape index (κ3) is 5.82. The average Bonchev–Trinajstić information content (AvgIpc) is 3.06. The molecule has 0 saturated carbocycles. The van der Waals surface area contributed by atoms with E-state index in [4.69, 9.17) is 0 Å². The Balaban J connectivity index is 0.00000312. The Morgan fingerprint density at radius 1 is 0.808 bits per heavy atom. The molecule has 0 bridgehead atoms. The van der Waals surface area contributed by atoms with Crippen molar-refractivity contribution < 1.29 is 17.4 Å². The first-order valence-electron chi connectivity index (χ1n) is 10.0. The largest absolute Gasteiger partial charge is 0.147 e. The van der Waals surface area contributed by atoms with Crippen molar-refractivity contribution in [2.45, 2.75) is 88.3 Å². The van der Waals surface area contributed by atoms with Crippen LogP contribution in [0.2, 0.25) is 9.26 Å². The fourth-order valence-corrected chi connectivity index (χ4v) is 19.9. The van der Waals surface area contributed by atoms with Crippen LogP contribution in [0.4, 0.5) is 0 Å². The summed E-state index contributed by atoms with van der Waals surface area (Å²) in [6.07, 6.45) is 15.5. The summed E-state index contributed by atoms with van der Waals surface area (Å²) >= 11 is -3.01. The van der Waals surface area contributed by atoms with Gasteiger partial charge in [-0.15, -0.1) is 24.8 Å². The summed E-state index contributed by atoms with van der Waals surface area (Å²) in [6, 6.07) is 0. The molecule has 0 spiro atoms. The van der Waals surface area contributed by atoms with E-state index in [1.54, 1.807) is 22.3 Å². The van der Waals surface area contributed by atoms with Crippen LogP contribution in [-0.2, 0) is 17.4 Å². The zero-order chi connectivity index (χ0) is 18.0. The van der Waals surface area contributed by atoms with Gasteiger partial charge in [0, 0.05) is 0 Å². The summed E-state index contributed by atoms with van der Waals surface area (Å²) in [5.74, 6) is 0. The van der Waals surface area contributed by atoms with Crippen molar-refractivity contribution in [1.29, 1.82) is 0 Å². The van der Waals surface area contributed by atoms with Crippen molar-refractivity contribution in [3.05, 3.63) is 41.0 Å². The molecule has 0 aromatic heterocycles. The Morgan fingerprint density at radius 3 is 1.46 bits per heavy atom. The van der Waals surface area contributed by atoms with Gasteiger partial charge in [0.15, 0.2) is 0 Å². The Labute approximate surface area is 177 Å². The van der Waals surface area contributed by atoms with Gasteiger partial charge in [-0.3, -0.25) is 0 Å². The van der Waals surface area contributed by atoms with E-state index in [1.165, 1.54) is 51.4 Å². The molecular weight excluding hydrogens is 454 g/mol. The molecule has 2 aliphatic rings. The van der Waals surface area contributed by atoms with Crippen LogP contribution in [0.15, 0.2) is 41.0 Å². The van der Waals surface area contributed by atoms with Gasteiger partial charge in [-0.1, -0.05) is 0 Å². The topological polar surface area (TPSA) is 0 Å². The van der Waals surface area contributed by atoms with E-state index in [0.29, 0.717) is 0 Å². The van der Waals surface area contributed by atoms with E-state index in [2.05, 4.69) is 56.0 Å². The maximum atomic E-state index is 2.72. The van der Waals surface area contributed by atoms with Gasteiger partial charge in [0.1, 0.15) is 0 Å². The van der Waals surface area contributed by atoms with Crippen LogP contribution >= 0.6 is 24.8 Å². The minimum atomic E-state index is -3.01. The molecule has 2 aliphatic carbocycles. The zero-order valence-electron chi connectivity index (χ0n) is 17.8. The van der Waals surface area contributed by atoms with E-state index in [9.17, 15) is 0 Å². The molecular formula is C22H40Cl2SiZr. The van der Waals surface area contributed by atoms with Gasteiger partial charge in [0.25, 0.3) is 0 Å². The number of allylic oxidation sites excluding steroid dienone is 8. The van der Waals surface area contributed by atoms with Crippen molar-refractivity contribution >= 4 is 31.7 Å². The quantitative estimate of drug-likeness (QED) is 0.303. The molecule has 0 unspecified atom stereocenters. The van der Waals surface area contributed by atoms with Crippen LogP contribution < -0.4 is 0 Å². The van der Waals surface area contributed by atoms with Crippen molar-refractivity contribution in [2.24, 2.45) is 0 Å². The average molecular weight is 495 g/mol. The fraction of sp³-hybridized carbons (Fsp3) is 0.636. The van der Waals surface area contributed by atoms with Crippen molar-refractivity contribution in [1.82, 2.24) is 0 Å². The van der Waals surface area contributed by atoms with Gasteiger partial charge >= 0.3 is 154 Å². The SMILES string of the molecule is CCCCC1=[C]([Zr]([CH3])([CH3])(=[SiH2])[C]2=C(CCCC)C=C(C)C2)CC(C)=C1.Cl.Cl. The molecule has 0 aliphatic heterocycles. The fourth-order valence-electron chi connectivity index (χ4n) is 4.62. The molecule has 0 atom stereocenters. The first-order chi connectivity index (χ1) is 11.2. The van der Waals surface area contributed by atoms with Crippen LogP contribution in [0.3, 0.4) is 0 Å². The summed E-state index contributed by atoms with van der Waals surface area (Å²) in [4.78, 5) is 0. The molecule has 0 nitrogen and oxygen atoms in total. The molecule has 0 fully saturated rings. The predicted molar refractivity (Wildman–Crippen MR) is 125 cm³/mol. The number of hydrogen-bond donors (Lipinski definition) is 0. The Hall–Kier alpha value is 0.640. The summed E-state index contributed by atoms with van der Waals surface area (Å²) in [5.41, 5.74) is 6.66. The Kier molecular flexibility index (Phi) is 10.7. The van der Waals surface area contributed by atoms with E-state index in [-0.39, 0.29) is 24.8 Å². The molecule has 0 N–H and O–H groups in total. The Bertz CT molecular complexity index is 648. The van der Waals surface area contributed by atoms with Crippen LogP contribution in [0.5, 0.6) is 0 Å². The molecule has 0 heterocycles. The number of unbranched alkanes of at least 4 members (excludes halogenated alkanes) is 2. The molecule has 4 heteroatoms. The van der Waals surface area contributed by atoms with E-state index in [0.717, 1.165) is 0 Å². The molecule has 0 radical (unpaired) electrons.